The monoisotopic (exact) mass is 362 g/mol. The van der Waals surface area contributed by atoms with Crippen molar-refractivity contribution in [1.29, 1.82) is 0 Å². The van der Waals surface area contributed by atoms with Crippen LogP contribution in [0, 0.1) is 20.8 Å². The number of benzene rings is 1. The minimum absolute atomic E-state index is 0.163. The third kappa shape index (κ3) is 5.46. The summed E-state index contributed by atoms with van der Waals surface area (Å²) >= 11 is 5.84. The maximum Gasteiger partial charge on any atom is 0.344 e. The highest BCUT2D eigenvalue weighted by Gasteiger charge is 2.12. The molecule has 0 atom stereocenters. The van der Waals surface area contributed by atoms with Crippen molar-refractivity contribution in [3.8, 4) is 5.75 Å². The lowest BCUT2D eigenvalue weighted by atomic mass is 10.1. The molecule has 1 aromatic heterocycles. The fraction of sp³-hybridized carbons (Fsp3) is 0.278. The first kappa shape index (κ1) is 18.7. The lowest BCUT2D eigenvalue weighted by Gasteiger charge is -2.13. The third-order valence-electron chi connectivity index (χ3n) is 3.34. The van der Waals surface area contributed by atoms with Crippen LogP contribution in [-0.2, 0) is 14.3 Å². The highest BCUT2D eigenvalue weighted by Crippen LogP contribution is 2.24. The van der Waals surface area contributed by atoms with Gasteiger partial charge in [-0.1, -0.05) is 29.3 Å². The summed E-state index contributed by atoms with van der Waals surface area (Å²) in [6.07, 6.45) is 1.50. The molecular weight excluding hydrogens is 344 g/mol. The number of ether oxygens (including phenoxy) is 2. The molecule has 0 saturated heterocycles. The fourth-order valence-electron chi connectivity index (χ4n) is 2.38. The van der Waals surface area contributed by atoms with Crippen LogP contribution in [0.1, 0.15) is 16.7 Å². The predicted octanol–water partition coefficient (Wildman–Crippen LogP) is 3.22. The summed E-state index contributed by atoms with van der Waals surface area (Å²) < 4.78 is 10.4. The number of nitrogens with one attached hydrogen (secondary N) is 1. The number of aryl methyl sites for hydroxylation is 3. The van der Waals surface area contributed by atoms with Crippen molar-refractivity contribution < 1.29 is 19.1 Å². The molecule has 0 spiro atoms. The Bertz CT molecular complexity index is 769. The van der Waals surface area contributed by atoms with E-state index in [1.54, 1.807) is 12.1 Å². The highest BCUT2D eigenvalue weighted by molar-refractivity contribution is 6.32. The summed E-state index contributed by atoms with van der Waals surface area (Å²) in [5.41, 5.74) is 3.35. The van der Waals surface area contributed by atoms with Gasteiger partial charge >= 0.3 is 5.97 Å². The van der Waals surface area contributed by atoms with Gasteiger partial charge in [0.25, 0.3) is 5.91 Å². The van der Waals surface area contributed by atoms with Gasteiger partial charge in [-0.25, -0.2) is 9.78 Å². The van der Waals surface area contributed by atoms with Crippen LogP contribution >= 0.6 is 11.6 Å². The number of carbonyl (C=O) groups excluding carboxylic acids is 2. The molecule has 1 N–H and O–H groups in total. The van der Waals surface area contributed by atoms with Crippen LogP contribution in [0.5, 0.6) is 5.75 Å². The number of halogens is 1. The van der Waals surface area contributed by atoms with E-state index in [1.165, 1.54) is 6.20 Å². The maximum absolute atomic E-state index is 11.8. The van der Waals surface area contributed by atoms with E-state index >= 15 is 0 Å². The van der Waals surface area contributed by atoms with E-state index in [0.717, 1.165) is 16.7 Å². The van der Waals surface area contributed by atoms with Gasteiger partial charge in [0, 0.05) is 6.20 Å². The zero-order valence-electron chi connectivity index (χ0n) is 14.3. The molecule has 1 heterocycles. The second-order valence-electron chi connectivity index (χ2n) is 5.57. The zero-order chi connectivity index (χ0) is 18.4. The summed E-state index contributed by atoms with van der Waals surface area (Å²) in [6, 6.07) is 7.17. The summed E-state index contributed by atoms with van der Waals surface area (Å²) in [4.78, 5) is 27.4. The van der Waals surface area contributed by atoms with Crippen LogP contribution in [-0.4, -0.2) is 30.1 Å². The number of aromatic nitrogens is 1. The van der Waals surface area contributed by atoms with Gasteiger partial charge < -0.3 is 14.8 Å². The van der Waals surface area contributed by atoms with E-state index < -0.39 is 18.5 Å². The average molecular weight is 363 g/mol. The van der Waals surface area contributed by atoms with Crippen LogP contribution in [0.3, 0.4) is 0 Å². The van der Waals surface area contributed by atoms with E-state index in [2.05, 4.69) is 10.3 Å². The van der Waals surface area contributed by atoms with Crippen LogP contribution < -0.4 is 10.1 Å². The molecule has 0 unspecified atom stereocenters. The van der Waals surface area contributed by atoms with Gasteiger partial charge in [-0.05, 0) is 44.0 Å². The van der Waals surface area contributed by atoms with Crippen LogP contribution in [0.25, 0.3) is 0 Å². The lowest BCUT2D eigenvalue weighted by molar-refractivity contribution is -0.149. The first-order valence-corrected chi connectivity index (χ1v) is 8.01. The molecule has 0 aliphatic heterocycles. The molecule has 0 fully saturated rings. The van der Waals surface area contributed by atoms with E-state index in [1.807, 2.05) is 32.9 Å². The van der Waals surface area contributed by atoms with Crippen molar-refractivity contribution in [3.05, 3.63) is 52.3 Å². The fourth-order valence-corrected chi connectivity index (χ4v) is 2.55. The van der Waals surface area contributed by atoms with Crippen LogP contribution in [0.15, 0.2) is 30.5 Å². The van der Waals surface area contributed by atoms with E-state index in [4.69, 9.17) is 21.1 Å². The van der Waals surface area contributed by atoms with Gasteiger partial charge in [-0.3, -0.25) is 4.79 Å². The topological polar surface area (TPSA) is 77.5 Å². The number of hydrogen-bond acceptors (Lipinski definition) is 5. The number of nitrogens with zero attached hydrogens (tertiary/aromatic N) is 1. The molecule has 25 heavy (non-hydrogen) atoms. The molecule has 1 amide bonds. The lowest BCUT2D eigenvalue weighted by Crippen LogP contribution is -2.24. The molecular formula is C18H19ClN2O4. The summed E-state index contributed by atoms with van der Waals surface area (Å²) in [7, 11) is 0. The Hall–Kier alpha value is -2.60. The Balaban J connectivity index is 1.81. The average Bonchev–Trinajstić information content (AvgIpc) is 2.54. The molecule has 2 aromatic rings. The third-order valence-corrected chi connectivity index (χ3v) is 3.64. The second kappa shape index (κ2) is 8.48. The standard InChI is InChI=1S/C18H19ClN2O4/c1-11-7-12(2)17(13(3)8-11)25-10-16(23)24-9-15(22)21-14-5-4-6-20-18(14)19/h4-8H,9-10H2,1-3H3,(H,21,22). The van der Waals surface area contributed by atoms with Gasteiger partial charge in [-0.2, -0.15) is 0 Å². The van der Waals surface area contributed by atoms with E-state index in [9.17, 15) is 9.59 Å². The number of esters is 1. The first-order valence-electron chi connectivity index (χ1n) is 7.63. The summed E-state index contributed by atoms with van der Waals surface area (Å²) in [5.74, 6) is -0.494. The molecule has 2 rings (SSSR count). The predicted molar refractivity (Wildman–Crippen MR) is 95.0 cm³/mol. The quantitative estimate of drug-likeness (QED) is 0.630. The number of pyridine rings is 1. The molecule has 7 heteroatoms. The number of rotatable bonds is 6. The van der Waals surface area contributed by atoms with Crippen LogP contribution in [0.2, 0.25) is 5.15 Å². The number of hydrogen-bond donors (Lipinski definition) is 1. The molecule has 0 radical (unpaired) electrons. The molecule has 0 aliphatic carbocycles. The number of amides is 1. The van der Waals surface area contributed by atoms with Crippen molar-refractivity contribution in [2.45, 2.75) is 20.8 Å². The van der Waals surface area contributed by atoms with Crippen LogP contribution in [0.4, 0.5) is 5.69 Å². The molecule has 0 saturated carbocycles. The largest absolute Gasteiger partial charge is 0.481 e. The highest BCUT2D eigenvalue weighted by atomic mass is 35.5. The normalized spacial score (nSPS) is 10.2. The molecule has 6 nitrogen and oxygen atoms in total. The summed E-state index contributed by atoms with van der Waals surface area (Å²) in [5, 5.41) is 2.68. The van der Waals surface area contributed by atoms with E-state index in [0.29, 0.717) is 11.4 Å². The van der Waals surface area contributed by atoms with Crippen molar-refractivity contribution >= 4 is 29.2 Å². The smallest absolute Gasteiger partial charge is 0.344 e. The van der Waals surface area contributed by atoms with E-state index in [-0.39, 0.29) is 11.8 Å². The van der Waals surface area contributed by atoms with Gasteiger partial charge in [0.15, 0.2) is 18.4 Å². The minimum atomic E-state index is -0.633. The van der Waals surface area contributed by atoms with Crippen molar-refractivity contribution in [1.82, 2.24) is 4.98 Å². The Morgan fingerprint density at radius 3 is 2.48 bits per heavy atom. The maximum atomic E-state index is 11.8. The second-order valence-corrected chi connectivity index (χ2v) is 5.93. The number of anilines is 1. The molecule has 0 aliphatic rings. The van der Waals surface area contributed by atoms with Crippen molar-refractivity contribution in [2.24, 2.45) is 0 Å². The Morgan fingerprint density at radius 2 is 1.84 bits per heavy atom. The Morgan fingerprint density at radius 1 is 1.16 bits per heavy atom. The molecule has 0 bridgehead atoms. The zero-order valence-corrected chi connectivity index (χ0v) is 15.0. The summed E-state index contributed by atoms with van der Waals surface area (Å²) in [6.45, 7) is 5.10. The SMILES string of the molecule is Cc1cc(C)c(OCC(=O)OCC(=O)Nc2cccnc2Cl)c(C)c1. The molecule has 1 aromatic carbocycles. The van der Waals surface area contributed by atoms with Gasteiger partial charge in [0.05, 0.1) is 5.69 Å². The van der Waals surface area contributed by atoms with Gasteiger partial charge in [-0.15, -0.1) is 0 Å². The Kier molecular flexibility index (Phi) is 6.36. The minimum Gasteiger partial charge on any atom is -0.481 e. The molecule has 132 valence electrons. The van der Waals surface area contributed by atoms with Gasteiger partial charge in [0.2, 0.25) is 0 Å². The number of carbonyl (C=O) groups is 2. The first-order chi connectivity index (χ1) is 11.9. The van der Waals surface area contributed by atoms with Gasteiger partial charge in [0.1, 0.15) is 5.75 Å². The van der Waals surface area contributed by atoms with Crippen molar-refractivity contribution in [3.63, 3.8) is 0 Å². The van der Waals surface area contributed by atoms with Crippen molar-refractivity contribution in [2.75, 3.05) is 18.5 Å². The Labute approximate surface area is 151 Å².